The number of rotatable bonds is 8. The number of carbonyl (C=O) groups is 1. The maximum Gasteiger partial charge on any atom is 0.243 e. The van der Waals surface area contributed by atoms with Gasteiger partial charge in [-0.25, -0.2) is 13.1 Å². The summed E-state index contributed by atoms with van der Waals surface area (Å²) in [5, 5.41) is 0. The van der Waals surface area contributed by atoms with Gasteiger partial charge in [0, 0.05) is 12.2 Å². The molecule has 0 saturated heterocycles. The molecule has 0 aromatic heterocycles. The van der Waals surface area contributed by atoms with E-state index in [-0.39, 0.29) is 24.7 Å². The van der Waals surface area contributed by atoms with Gasteiger partial charge in [-0.3, -0.25) is 4.79 Å². The minimum atomic E-state index is -3.65. The van der Waals surface area contributed by atoms with E-state index >= 15 is 0 Å². The minimum absolute atomic E-state index is 0.0492. The molecular formula is C12H19N3O4S. The number of amides is 1. The van der Waals surface area contributed by atoms with E-state index in [4.69, 9.17) is 16.2 Å². The minimum Gasteiger partial charge on any atom is -0.399 e. The number of aryl methyl sites for hydroxylation is 1. The number of nitrogen functional groups attached to an aromatic ring is 1. The predicted molar refractivity (Wildman–Crippen MR) is 75.4 cm³/mol. The maximum atomic E-state index is 12.1. The lowest BCUT2D eigenvalue weighted by molar-refractivity contribution is -0.122. The summed E-state index contributed by atoms with van der Waals surface area (Å²) in [6, 6.07) is 4.77. The molecule has 0 radical (unpaired) electrons. The van der Waals surface area contributed by atoms with Crippen LogP contribution >= 0.6 is 0 Å². The lowest BCUT2D eigenvalue weighted by atomic mass is 10.1. The third-order valence-corrected chi connectivity index (χ3v) is 4.09. The Morgan fingerprint density at radius 1 is 1.40 bits per heavy atom. The number of ether oxygens (including phenoxy) is 1. The fourth-order valence-corrected chi connectivity index (χ4v) is 2.97. The number of primary amides is 1. The van der Waals surface area contributed by atoms with Crippen LogP contribution in [-0.4, -0.2) is 34.1 Å². The number of nitrogens with two attached hydrogens (primary N) is 2. The molecule has 1 aromatic carbocycles. The van der Waals surface area contributed by atoms with E-state index in [9.17, 15) is 13.2 Å². The van der Waals surface area contributed by atoms with Crippen molar-refractivity contribution >= 4 is 21.6 Å². The smallest absolute Gasteiger partial charge is 0.243 e. The summed E-state index contributed by atoms with van der Waals surface area (Å²) in [7, 11) is -3.65. The molecule has 0 unspecified atom stereocenters. The SMILES string of the molecule is CCc1ccc(N)cc1S(=O)(=O)NCCOCC(N)=O. The Bertz CT molecular complexity index is 572. The second kappa shape index (κ2) is 7.22. The largest absolute Gasteiger partial charge is 0.399 e. The van der Waals surface area contributed by atoms with Gasteiger partial charge in [0.1, 0.15) is 6.61 Å². The fraction of sp³-hybridized carbons (Fsp3) is 0.417. The molecule has 1 aromatic rings. The number of anilines is 1. The van der Waals surface area contributed by atoms with Crippen molar-refractivity contribution in [2.75, 3.05) is 25.5 Å². The molecule has 8 heteroatoms. The maximum absolute atomic E-state index is 12.1. The van der Waals surface area contributed by atoms with Crippen LogP contribution in [-0.2, 0) is 26.0 Å². The van der Waals surface area contributed by atoms with Crippen LogP contribution in [0.4, 0.5) is 5.69 Å². The highest BCUT2D eigenvalue weighted by Gasteiger charge is 2.17. The van der Waals surface area contributed by atoms with Crippen LogP contribution < -0.4 is 16.2 Å². The van der Waals surface area contributed by atoms with Gasteiger partial charge in [0.2, 0.25) is 15.9 Å². The molecule has 1 amide bonds. The molecule has 0 heterocycles. The highest BCUT2D eigenvalue weighted by atomic mass is 32.2. The Kier molecular flexibility index (Phi) is 5.93. The van der Waals surface area contributed by atoms with Gasteiger partial charge >= 0.3 is 0 Å². The van der Waals surface area contributed by atoms with Crippen molar-refractivity contribution in [2.24, 2.45) is 5.73 Å². The first-order valence-electron chi connectivity index (χ1n) is 6.11. The zero-order valence-corrected chi connectivity index (χ0v) is 12.1. The van der Waals surface area contributed by atoms with Crippen molar-refractivity contribution in [3.63, 3.8) is 0 Å². The van der Waals surface area contributed by atoms with Gasteiger partial charge in [-0.05, 0) is 24.1 Å². The van der Waals surface area contributed by atoms with Gasteiger partial charge in [0.15, 0.2) is 0 Å². The van der Waals surface area contributed by atoms with Crippen LogP contribution in [0, 0.1) is 0 Å². The monoisotopic (exact) mass is 301 g/mol. The van der Waals surface area contributed by atoms with Gasteiger partial charge in [0.05, 0.1) is 11.5 Å². The van der Waals surface area contributed by atoms with Crippen molar-refractivity contribution in [2.45, 2.75) is 18.2 Å². The summed E-state index contributed by atoms with van der Waals surface area (Å²) >= 11 is 0. The van der Waals surface area contributed by atoms with Gasteiger partial charge < -0.3 is 16.2 Å². The van der Waals surface area contributed by atoms with Crippen molar-refractivity contribution in [1.29, 1.82) is 0 Å². The zero-order chi connectivity index (χ0) is 15.2. The standard InChI is InChI=1S/C12H19N3O4S/c1-2-9-3-4-10(13)7-11(9)20(17,18)15-5-6-19-8-12(14)16/h3-4,7,15H,2,5-6,8,13H2,1H3,(H2,14,16). The van der Waals surface area contributed by atoms with E-state index in [2.05, 4.69) is 4.72 Å². The first kappa shape index (κ1) is 16.4. The third-order valence-electron chi connectivity index (χ3n) is 2.54. The third kappa shape index (κ3) is 4.80. The average Bonchev–Trinajstić information content (AvgIpc) is 2.37. The summed E-state index contributed by atoms with van der Waals surface area (Å²) in [6.07, 6.45) is 0.578. The summed E-state index contributed by atoms with van der Waals surface area (Å²) in [4.78, 5) is 10.6. The second-order valence-electron chi connectivity index (χ2n) is 4.14. The summed E-state index contributed by atoms with van der Waals surface area (Å²) in [5.41, 5.74) is 11.6. The van der Waals surface area contributed by atoms with Crippen molar-refractivity contribution in [1.82, 2.24) is 4.72 Å². The van der Waals surface area contributed by atoms with E-state index in [1.807, 2.05) is 6.92 Å². The Hall–Kier alpha value is -1.64. The Morgan fingerprint density at radius 2 is 2.10 bits per heavy atom. The summed E-state index contributed by atoms with van der Waals surface area (Å²) < 4.78 is 31.6. The summed E-state index contributed by atoms with van der Waals surface area (Å²) in [5.74, 6) is -0.600. The Morgan fingerprint density at radius 3 is 2.70 bits per heavy atom. The number of hydrogen-bond donors (Lipinski definition) is 3. The molecule has 20 heavy (non-hydrogen) atoms. The van der Waals surface area contributed by atoms with Crippen molar-refractivity contribution < 1.29 is 17.9 Å². The molecule has 0 aliphatic heterocycles. The van der Waals surface area contributed by atoms with Gasteiger partial charge in [-0.15, -0.1) is 0 Å². The number of carbonyl (C=O) groups excluding carboxylic acids is 1. The van der Waals surface area contributed by atoms with Crippen LogP contribution in [0.25, 0.3) is 0 Å². The highest BCUT2D eigenvalue weighted by Crippen LogP contribution is 2.19. The van der Waals surface area contributed by atoms with Crippen LogP contribution in [0.5, 0.6) is 0 Å². The van der Waals surface area contributed by atoms with E-state index in [1.54, 1.807) is 12.1 Å². The van der Waals surface area contributed by atoms with E-state index in [1.165, 1.54) is 6.07 Å². The highest BCUT2D eigenvalue weighted by molar-refractivity contribution is 7.89. The first-order valence-corrected chi connectivity index (χ1v) is 7.59. The van der Waals surface area contributed by atoms with E-state index in [0.717, 1.165) is 0 Å². The number of benzene rings is 1. The molecule has 5 N–H and O–H groups in total. The van der Waals surface area contributed by atoms with E-state index < -0.39 is 15.9 Å². The molecule has 112 valence electrons. The second-order valence-corrected chi connectivity index (χ2v) is 5.87. The van der Waals surface area contributed by atoms with Crippen LogP contribution in [0.15, 0.2) is 23.1 Å². The molecule has 0 aliphatic rings. The quantitative estimate of drug-likeness (QED) is 0.445. The molecule has 0 bridgehead atoms. The molecule has 7 nitrogen and oxygen atoms in total. The Labute approximate surface area is 118 Å². The van der Waals surface area contributed by atoms with Gasteiger partial charge in [0.25, 0.3) is 0 Å². The fourth-order valence-electron chi connectivity index (χ4n) is 1.61. The van der Waals surface area contributed by atoms with Crippen LogP contribution in [0.2, 0.25) is 0 Å². The predicted octanol–water partition coefficient (Wildman–Crippen LogP) is -0.389. The van der Waals surface area contributed by atoms with Crippen molar-refractivity contribution in [3.8, 4) is 0 Å². The van der Waals surface area contributed by atoms with Gasteiger partial charge in [-0.2, -0.15) is 0 Å². The van der Waals surface area contributed by atoms with Crippen LogP contribution in [0.3, 0.4) is 0 Å². The van der Waals surface area contributed by atoms with Gasteiger partial charge in [-0.1, -0.05) is 13.0 Å². The lowest BCUT2D eigenvalue weighted by Crippen LogP contribution is -2.29. The molecule has 0 spiro atoms. The number of sulfonamides is 1. The normalized spacial score (nSPS) is 11.4. The molecule has 0 fully saturated rings. The van der Waals surface area contributed by atoms with Crippen molar-refractivity contribution in [3.05, 3.63) is 23.8 Å². The molecule has 0 atom stereocenters. The Balaban J connectivity index is 2.69. The zero-order valence-electron chi connectivity index (χ0n) is 11.3. The lowest BCUT2D eigenvalue weighted by Gasteiger charge is -2.11. The topological polar surface area (TPSA) is 125 Å². The molecular weight excluding hydrogens is 282 g/mol. The molecule has 0 saturated carbocycles. The first-order chi connectivity index (χ1) is 9.36. The van der Waals surface area contributed by atoms with E-state index in [0.29, 0.717) is 17.7 Å². The molecule has 1 rings (SSSR count). The average molecular weight is 301 g/mol. The number of nitrogens with one attached hydrogen (secondary N) is 1. The summed E-state index contributed by atoms with van der Waals surface area (Å²) in [6.45, 7) is 1.74. The van der Waals surface area contributed by atoms with Crippen LogP contribution in [0.1, 0.15) is 12.5 Å². The number of hydrogen-bond acceptors (Lipinski definition) is 5. The molecule has 0 aliphatic carbocycles.